The number of anilines is 2. The second kappa shape index (κ2) is 9.83. The molecule has 0 bridgehead atoms. The van der Waals surface area contributed by atoms with Crippen LogP contribution < -0.4 is 20.1 Å². The van der Waals surface area contributed by atoms with Gasteiger partial charge in [-0.05, 0) is 61.2 Å². The highest BCUT2D eigenvalue weighted by Crippen LogP contribution is 2.40. The van der Waals surface area contributed by atoms with Gasteiger partial charge in [0.15, 0.2) is 5.75 Å². The molecular weight excluding hydrogens is 478 g/mol. The summed E-state index contributed by atoms with van der Waals surface area (Å²) in [5.41, 5.74) is 3.03. The molecule has 0 spiro atoms. The fourth-order valence-corrected chi connectivity index (χ4v) is 6.19. The lowest BCUT2D eigenvalue weighted by Crippen LogP contribution is -2.36. The first-order valence-corrected chi connectivity index (χ1v) is 13.4. The predicted octanol–water partition coefficient (Wildman–Crippen LogP) is 5.15. The Hall–Kier alpha value is -3.56. The van der Waals surface area contributed by atoms with Crippen LogP contribution in [0.25, 0.3) is 0 Å². The summed E-state index contributed by atoms with van der Waals surface area (Å²) in [6.45, 7) is 3.23. The number of carbonyl (C=O) groups is 1. The number of piperidine rings is 1. The van der Waals surface area contributed by atoms with E-state index in [1.54, 1.807) is 19.2 Å². The van der Waals surface area contributed by atoms with E-state index in [1.165, 1.54) is 10.4 Å². The maximum atomic E-state index is 13.7. The van der Waals surface area contributed by atoms with Gasteiger partial charge < -0.3 is 20.1 Å². The van der Waals surface area contributed by atoms with Gasteiger partial charge >= 0.3 is 0 Å². The zero-order valence-corrected chi connectivity index (χ0v) is 21.2. The Morgan fingerprint density at radius 3 is 2.47 bits per heavy atom. The first-order valence-electron chi connectivity index (χ1n) is 12.0. The van der Waals surface area contributed by atoms with Crippen LogP contribution in [0.3, 0.4) is 0 Å². The van der Waals surface area contributed by atoms with Crippen LogP contribution in [0.1, 0.15) is 40.7 Å². The number of nitrogens with zero attached hydrogens (tertiary/aromatic N) is 1. The van der Waals surface area contributed by atoms with Crippen LogP contribution in [0.15, 0.2) is 59.5 Å². The number of aryl methyl sites for hydroxylation is 1. The standard InChI is InChI=1S/C27H29N3O5S/c1-18-6-11-24-22(14-18)29-27(31)21-15-26(36(32,33)30-12-4-3-5-13-30)23(16-25(21)35-24)28-17-19-7-9-20(34-2)10-8-19/h6-11,14-16,28H,3-5,12-13,17H2,1-2H3,(H,29,31). The summed E-state index contributed by atoms with van der Waals surface area (Å²) in [4.78, 5) is 13.2. The van der Waals surface area contributed by atoms with E-state index in [0.29, 0.717) is 42.5 Å². The molecule has 3 aromatic rings. The zero-order chi connectivity index (χ0) is 25.3. The highest BCUT2D eigenvalue weighted by Gasteiger charge is 2.32. The number of hydrogen-bond acceptors (Lipinski definition) is 6. The Kier molecular flexibility index (Phi) is 6.59. The van der Waals surface area contributed by atoms with E-state index in [9.17, 15) is 13.2 Å². The summed E-state index contributed by atoms with van der Waals surface area (Å²) in [6, 6.07) is 16.1. The number of amides is 1. The molecule has 2 aliphatic heterocycles. The maximum Gasteiger partial charge on any atom is 0.259 e. The van der Waals surface area contributed by atoms with E-state index in [4.69, 9.17) is 9.47 Å². The lowest BCUT2D eigenvalue weighted by Gasteiger charge is -2.27. The Labute approximate surface area is 211 Å². The topological polar surface area (TPSA) is 97.0 Å². The monoisotopic (exact) mass is 507 g/mol. The fraction of sp³-hybridized carbons (Fsp3) is 0.296. The van der Waals surface area contributed by atoms with Crippen molar-refractivity contribution in [2.45, 2.75) is 37.6 Å². The van der Waals surface area contributed by atoms with Crippen molar-refractivity contribution in [3.63, 3.8) is 0 Å². The minimum atomic E-state index is -3.84. The van der Waals surface area contributed by atoms with Gasteiger partial charge in [-0.25, -0.2) is 8.42 Å². The minimum absolute atomic E-state index is 0.0672. The normalized spacial score (nSPS) is 15.7. The average molecular weight is 508 g/mol. The molecule has 0 unspecified atom stereocenters. The lowest BCUT2D eigenvalue weighted by atomic mass is 10.1. The van der Waals surface area contributed by atoms with Gasteiger partial charge in [0.05, 0.1) is 24.0 Å². The van der Waals surface area contributed by atoms with Gasteiger partial charge in [-0.1, -0.05) is 24.6 Å². The molecule has 1 saturated heterocycles. The summed E-state index contributed by atoms with van der Waals surface area (Å²) in [6.07, 6.45) is 2.64. The smallest absolute Gasteiger partial charge is 0.259 e. The molecule has 0 aliphatic carbocycles. The van der Waals surface area contributed by atoms with Crippen molar-refractivity contribution >= 4 is 27.3 Å². The maximum absolute atomic E-state index is 13.7. The van der Waals surface area contributed by atoms with Crippen LogP contribution in [-0.4, -0.2) is 38.8 Å². The molecule has 0 radical (unpaired) electrons. The molecule has 2 aliphatic rings. The van der Waals surface area contributed by atoms with Gasteiger partial charge in [-0.3, -0.25) is 4.79 Å². The first-order chi connectivity index (χ1) is 17.3. The number of ether oxygens (including phenoxy) is 2. The number of benzene rings is 3. The third-order valence-corrected chi connectivity index (χ3v) is 8.44. The Balaban J connectivity index is 1.56. The van der Waals surface area contributed by atoms with Gasteiger partial charge in [0, 0.05) is 25.7 Å². The molecule has 0 atom stereocenters. The predicted molar refractivity (Wildman–Crippen MR) is 139 cm³/mol. The van der Waals surface area contributed by atoms with Crippen molar-refractivity contribution in [2.75, 3.05) is 30.8 Å². The lowest BCUT2D eigenvalue weighted by molar-refractivity contribution is 0.102. The molecule has 8 nitrogen and oxygen atoms in total. The molecule has 2 heterocycles. The molecule has 36 heavy (non-hydrogen) atoms. The molecule has 5 rings (SSSR count). The molecule has 0 saturated carbocycles. The van der Waals surface area contributed by atoms with Crippen LogP contribution in [0.2, 0.25) is 0 Å². The Morgan fingerprint density at radius 1 is 1.00 bits per heavy atom. The van der Waals surface area contributed by atoms with Gasteiger partial charge in [0.25, 0.3) is 5.91 Å². The summed E-state index contributed by atoms with van der Waals surface area (Å²) in [5.74, 6) is 1.13. The van der Waals surface area contributed by atoms with Crippen molar-refractivity contribution in [1.82, 2.24) is 4.31 Å². The number of rotatable bonds is 6. The largest absolute Gasteiger partial charge is 0.497 e. The van der Waals surface area contributed by atoms with Crippen LogP contribution in [0.5, 0.6) is 17.2 Å². The van der Waals surface area contributed by atoms with Gasteiger partial charge in [0.1, 0.15) is 16.4 Å². The van der Waals surface area contributed by atoms with Gasteiger partial charge in [-0.2, -0.15) is 4.31 Å². The van der Waals surface area contributed by atoms with E-state index in [2.05, 4.69) is 10.6 Å². The molecule has 9 heteroatoms. The summed E-state index contributed by atoms with van der Waals surface area (Å²) >= 11 is 0. The van der Waals surface area contributed by atoms with Crippen LogP contribution in [0, 0.1) is 6.92 Å². The van der Waals surface area contributed by atoms with Crippen LogP contribution in [-0.2, 0) is 16.6 Å². The number of methoxy groups -OCH3 is 1. The molecular formula is C27H29N3O5S. The molecule has 3 aromatic carbocycles. The van der Waals surface area contributed by atoms with E-state index >= 15 is 0 Å². The van der Waals surface area contributed by atoms with E-state index in [1.807, 2.05) is 43.3 Å². The highest BCUT2D eigenvalue weighted by molar-refractivity contribution is 7.89. The third kappa shape index (κ3) is 4.76. The minimum Gasteiger partial charge on any atom is -0.497 e. The molecule has 0 aromatic heterocycles. The van der Waals surface area contributed by atoms with Gasteiger partial charge in [-0.15, -0.1) is 0 Å². The fourth-order valence-electron chi connectivity index (χ4n) is 4.50. The highest BCUT2D eigenvalue weighted by atomic mass is 32.2. The quantitative estimate of drug-likeness (QED) is 0.479. The molecule has 1 amide bonds. The van der Waals surface area contributed by atoms with E-state index < -0.39 is 15.9 Å². The van der Waals surface area contributed by atoms with Crippen molar-refractivity contribution in [2.24, 2.45) is 0 Å². The number of hydrogen-bond donors (Lipinski definition) is 2. The number of sulfonamides is 1. The summed E-state index contributed by atoms with van der Waals surface area (Å²) in [7, 11) is -2.23. The average Bonchev–Trinajstić information content (AvgIpc) is 3.02. The van der Waals surface area contributed by atoms with Crippen molar-refractivity contribution in [3.8, 4) is 17.2 Å². The van der Waals surface area contributed by atoms with Crippen molar-refractivity contribution in [3.05, 3.63) is 71.3 Å². The van der Waals surface area contributed by atoms with E-state index in [0.717, 1.165) is 36.1 Å². The van der Waals surface area contributed by atoms with Crippen LogP contribution >= 0.6 is 0 Å². The molecule has 1 fully saturated rings. The zero-order valence-electron chi connectivity index (χ0n) is 20.3. The van der Waals surface area contributed by atoms with Crippen molar-refractivity contribution in [1.29, 1.82) is 0 Å². The summed E-state index contributed by atoms with van der Waals surface area (Å²) in [5, 5.41) is 6.13. The number of nitrogens with one attached hydrogen (secondary N) is 2. The Bertz CT molecular complexity index is 1400. The number of fused-ring (bicyclic) bond motifs is 2. The van der Waals surface area contributed by atoms with E-state index in [-0.39, 0.29) is 10.5 Å². The van der Waals surface area contributed by atoms with Crippen LogP contribution in [0.4, 0.5) is 11.4 Å². The summed E-state index contributed by atoms with van der Waals surface area (Å²) < 4.78 is 40.3. The first kappa shape index (κ1) is 24.1. The molecule has 2 N–H and O–H groups in total. The molecule has 188 valence electrons. The van der Waals surface area contributed by atoms with Crippen molar-refractivity contribution < 1.29 is 22.7 Å². The number of carbonyl (C=O) groups excluding carboxylic acids is 1. The Morgan fingerprint density at radius 2 is 1.75 bits per heavy atom. The third-order valence-electron chi connectivity index (χ3n) is 6.50. The second-order valence-corrected chi connectivity index (χ2v) is 11.0. The second-order valence-electron chi connectivity index (χ2n) is 9.07. The van der Waals surface area contributed by atoms with Gasteiger partial charge in [0.2, 0.25) is 10.0 Å². The SMILES string of the molecule is COc1ccc(CNc2cc3c(cc2S(=O)(=O)N2CCCCC2)C(=O)Nc2cc(C)ccc2O3)cc1.